The number of fused-ring (bicyclic) bond motifs is 1. The second kappa shape index (κ2) is 13.7. The van der Waals surface area contributed by atoms with E-state index in [1.165, 1.54) is 13.4 Å². The minimum absolute atomic E-state index is 0. The molecule has 1 saturated carbocycles. The van der Waals surface area contributed by atoms with E-state index in [-0.39, 0.29) is 49.2 Å². The number of halogens is 2. The summed E-state index contributed by atoms with van der Waals surface area (Å²) in [6, 6.07) is 8.56. The Balaban J connectivity index is 0.00000228. The summed E-state index contributed by atoms with van der Waals surface area (Å²) in [7, 11) is 1.31. The molecule has 0 spiro atoms. The van der Waals surface area contributed by atoms with Crippen LogP contribution < -0.4 is 30.5 Å². The predicted molar refractivity (Wildman–Crippen MR) is 122 cm³/mol. The molecule has 0 radical (unpaired) electrons. The number of benzene rings is 1. The smallest absolute Gasteiger partial charge is 0.337 e. The molecule has 1 heterocycles. The van der Waals surface area contributed by atoms with Crippen LogP contribution in [-0.2, 0) is 39.8 Å². The first-order valence-electron chi connectivity index (χ1n) is 11.8. The van der Waals surface area contributed by atoms with Crippen LogP contribution >= 0.6 is 0 Å². The van der Waals surface area contributed by atoms with E-state index in [9.17, 15) is 14.4 Å². The van der Waals surface area contributed by atoms with Gasteiger partial charge in [0.05, 0.1) is 30.8 Å². The van der Waals surface area contributed by atoms with Gasteiger partial charge in [-0.25, -0.2) is 4.79 Å². The molecule has 1 aromatic carbocycles. The highest BCUT2D eigenvalue weighted by Crippen LogP contribution is 2.44. The summed E-state index contributed by atoms with van der Waals surface area (Å²) in [6.07, 6.45) is 6.87. The molecule has 4 rings (SSSR count). The Morgan fingerprint density at radius 3 is 2.47 bits per heavy atom. The van der Waals surface area contributed by atoms with E-state index in [1.54, 1.807) is 0 Å². The Labute approximate surface area is 223 Å². The Hall–Kier alpha value is -2.55. The lowest BCUT2D eigenvalue weighted by Gasteiger charge is -2.34. The van der Waals surface area contributed by atoms with E-state index in [2.05, 4.69) is 0 Å². The minimum atomic E-state index is -0.980. The van der Waals surface area contributed by atoms with Crippen molar-refractivity contribution in [2.75, 3.05) is 13.7 Å². The first-order valence-corrected chi connectivity index (χ1v) is 11.8. The van der Waals surface area contributed by atoms with Gasteiger partial charge in [0.15, 0.2) is 0 Å². The van der Waals surface area contributed by atoms with E-state index < -0.39 is 30.2 Å². The number of allylic oxidation sites excluding steroid dienone is 1. The quantitative estimate of drug-likeness (QED) is 0.209. The van der Waals surface area contributed by atoms with Crippen LogP contribution in [0.5, 0.6) is 0 Å². The van der Waals surface area contributed by atoms with Crippen molar-refractivity contribution in [3.05, 3.63) is 59.4 Å². The SMILES string of the molecule is COC(=O)C1=CO[C@@H](OC(=O)[C@@H](N)Cc2ccccc2)[C@@H]2C(COC(=O)C3CCCC3)=CC[C@H]12.[Cl-].[Cl-]. The highest BCUT2D eigenvalue weighted by molar-refractivity contribution is 5.89. The fourth-order valence-corrected chi connectivity index (χ4v) is 4.98. The first-order chi connectivity index (χ1) is 16.5. The van der Waals surface area contributed by atoms with Crippen LogP contribution in [0.3, 0.4) is 0 Å². The van der Waals surface area contributed by atoms with Gasteiger partial charge < -0.3 is 49.5 Å². The monoisotopic (exact) mass is 539 g/mol. The number of carbonyl (C=O) groups excluding carboxylic acids is 3. The second-order valence-corrected chi connectivity index (χ2v) is 9.04. The van der Waals surface area contributed by atoms with Gasteiger partial charge in [-0.1, -0.05) is 49.2 Å². The van der Waals surface area contributed by atoms with E-state index in [0.29, 0.717) is 18.4 Å². The van der Waals surface area contributed by atoms with Crippen molar-refractivity contribution in [3.8, 4) is 0 Å². The van der Waals surface area contributed by atoms with Gasteiger partial charge >= 0.3 is 17.9 Å². The number of carbonyl (C=O) groups is 3. The van der Waals surface area contributed by atoms with E-state index in [0.717, 1.165) is 36.8 Å². The van der Waals surface area contributed by atoms with Crippen molar-refractivity contribution in [1.82, 2.24) is 0 Å². The molecule has 1 aromatic rings. The molecule has 3 aliphatic rings. The molecule has 10 heteroatoms. The number of hydrogen-bond acceptors (Lipinski definition) is 8. The molecule has 0 amide bonds. The van der Waals surface area contributed by atoms with Crippen LogP contribution in [0.1, 0.15) is 37.7 Å². The summed E-state index contributed by atoms with van der Waals surface area (Å²) in [5.41, 5.74) is 8.15. The van der Waals surface area contributed by atoms with E-state index in [4.69, 9.17) is 24.7 Å². The van der Waals surface area contributed by atoms with Gasteiger partial charge in [0, 0.05) is 5.92 Å². The lowest BCUT2D eigenvalue weighted by molar-refractivity contribution is -0.184. The molecule has 36 heavy (non-hydrogen) atoms. The molecule has 0 aromatic heterocycles. The van der Waals surface area contributed by atoms with Crippen molar-refractivity contribution in [1.29, 1.82) is 0 Å². The zero-order valence-electron chi connectivity index (χ0n) is 20.1. The van der Waals surface area contributed by atoms with Crippen LogP contribution in [0, 0.1) is 17.8 Å². The van der Waals surface area contributed by atoms with Crippen LogP contribution in [0.15, 0.2) is 53.8 Å². The molecule has 0 saturated heterocycles. The average Bonchev–Trinajstić information content (AvgIpc) is 3.54. The Kier molecular flexibility index (Phi) is 11.3. The third-order valence-electron chi connectivity index (χ3n) is 6.84. The molecule has 0 bridgehead atoms. The minimum Gasteiger partial charge on any atom is -1.00 e. The third kappa shape index (κ3) is 6.81. The second-order valence-electron chi connectivity index (χ2n) is 9.04. The fourth-order valence-electron chi connectivity index (χ4n) is 4.98. The molecular formula is C26H31Cl2NO7-2. The van der Waals surface area contributed by atoms with E-state index >= 15 is 0 Å². The van der Waals surface area contributed by atoms with Gasteiger partial charge in [0.25, 0.3) is 6.29 Å². The van der Waals surface area contributed by atoms with Gasteiger partial charge in [0.1, 0.15) is 12.6 Å². The van der Waals surface area contributed by atoms with Crippen LogP contribution in [0.2, 0.25) is 0 Å². The summed E-state index contributed by atoms with van der Waals surface area (Å²) in [5, 5.41) is 0. The Morgan fingerprint density at radius 1 is 1.11 bits per heavy atom. The van der Waals surface area contributed by atoms with E-state index in [1.807, 2.05) is 36.4 Å². The van der Waals surface area contributed by atoms with Gasteiger partial charge in [-0.3, -0.25) is 9.59 Å². The number of ether oxygens (including phenoxy) is 4. The predicted octanol–water partition coefficient (Wildman–Crippen LogP) is -3.18. The summed E-state index contributed by atoms with van der Waals surface area (Å²) in [4.78, 5) is 37.5. The van der Waals surface area contributed by atoms with Gasteiger partial charge in [-0.2, -0.15) is 0 Å². The fraction of sp³-hybridized carbons (Fsp3) is 0.500. The highest BCUT2D eigenvalue weighted by Gasteiger charge is 2.46. The lowest BCUT2D eigenvalue weighted by atomic mass is 9.83. The molecule has 2 aliphatic carbocycles. The van der Waals surface area contributed by atoms with Crippen molar-refractivity contribution in [3.63, 3.8) is 0 Å². The average molecular weight is 540 g/mol. The molecule has 2 N–H and O–H groups in total. The number of nitrogens with two attached hydrogens (primary N) is 1. The summed E-state index contributed by atoms with van der Waals surface area (Å²) < 4.78 is 21.9. The number of hydrogen-bond donors (Lipinski definition) is 1. The molecule has 0 unspecified atom stereocenters. The zero-order chi connectivity index (χ0) is 24.1. The van der Waals surface area contributed by atoms with Gasteiger partial charge in [0.2, 0.25) is 0 Å². The number of methoxy groups -OCH3 is 1. The maximum absolute atomic E-state index is 12.8. The van der Waals surface area contributed by atoms with Crippen LogP contribution in [-0.4, -0.2) is 44.0 Å². The lowest BCUT2D eigenvalue weighted by Crippen LogP contribution is -3.00. The molecule has 4 atom stereocenters. The third-order valence-corrected chi connectivity index (χ3v) is 6.84. The Morgan fingerprint density at radius 2 is 1.81 bits per heavy atom. The number of rotatable bonds is 8. The number of esters is 3. The maximum atomic E-state index is 12.8. The van der Waals surface area contributed by atoms with Gasteiger partial charge in [-0.15, -0.1) is 0 Å². The summed E-state index contributed by atoms with van der Waals surface area (Å²) in [5.74, 6) is -2.14. The topological polar surface area (TPSA) is 114 Å². The molecule has 1 fully saturated rings. The maximum Gasteiger partial charge on any atom is 0.337 e. The molecular weight excluding hydrogens is 509 g/mol. The van der Waals surface area contributed by atoms with Crippen LogP contribution in [0.4, 0.5) is 0 Å². The summed E-state index contributed by atoms with van der Waals surface area (Å²) in [6.45, 7) is 0.0679. The zero-order valence-corrected chi connectivity index (χ0v) is 21.6. The molecule has 198 valence electrons. The normalized spacial score (nSPS) is 23.4. The van der Waals surface area contributed by atoms with Crippen molar-refractivity contribution >= 4 is 17.9 Å². The molecule has 8 nitrogen and oxygen atoms in total. The largest absolute Gasteiger partial charge is 1.00 e. The first kappa shape index (κ1) is 29.7. The van der Waals surface area contributed by atoms with Crippen molar-refractivity contribution < 1.29 is 58.1 Å². The highest BCUT2D eigenvalue weighted by atomic mass is 35.5. The van der Waals surface area contributed by atoms with Crippen molar-refractivity contribution in [2.24, 2.45) is 23.5 Å². The molecule has 1 aliphatic heterocycles. The van der Waals surface area contributed by atoms with Crippen molar-refractivity contribution in [2.45, 2.75) is 50.9 Å². The Bertz CT molecular complexity index is 976. The van der Waals surface area contributed by atoms with Gasteiger partial charge in [-0.05, 0) is 36.8 Å². The van der Waals surface area contributed by atoms with Crippen LogP contribution in [0.25, 0.3) is 0 Å². The summed E-state index contributed by atoms with van der Waals surface area (Å²) >= 11 is 0. The standard InChI is InChI=1S/C26H31NO7.2ClH/c1-31-24(29)20-15-33-26(34-25(30)21(27)13-16-7-3-2-4-8-16)22-18(11-12-19(20)22)14-32-23(28)17-9-5-6-10-17;;/h2-4,7-8,11,15,17,19,21-22,26H,5-6,9-10,12-14,27H2,1H3;2*1H/p-2/t19-,21+,22-,26+;;/m1../s1.